The van der Waals surface area contributed by atoms with Crippen molar-refractivity contribution in [3.8, 4) is 0 Å². The lowest BCUT2D eigenvalue weighted by molar-refractivity contribution is -0.137. The molecule has 1 heterocycles. The Labute approximate surface area is 120 Å². The van der Waals surface area contributed by atoms with Crippen LogP contribution in [-0.2, 0) is 9.53 Å². The Morgan fingerprint density at radius 3 is 2.20 bits per heavy atom. The number of ether oxygens (including phenoxy) is 1. The first-order valence-electron chi connectivity index (χ1n) is 8.33. The zero-order chi connectivity index (χ0) is 13.7. The number of hydrogen-bond acceptors (Lipinski definition) is 3. The molecule has 4 saturated carbocycles. The predicted molar refractivity (Wildman–Crippen MR) is 76.0 cm³/mol. The van der Waals surface area contributed by atoms with E-state index in [9.17, 15) is 4.79 Å². The van der Waals surface area contributed by atoms with E-state index in [1.807, 2.05) is 0 Å². The van der Waals surface area contributed by atoms with E-state index in [1.165, 1.54) is 38.5 Å². The van der Waals surface area contributed by atoms with Gasteiger partial charge in [-0.05, 0) is 69.1 Å². The summed E-state index contributed by atoms with van der Waals surface area (Å²) in [6.45, 7) is 0.529. The van der Waals surface area contributed by atoms with Crippen LogP contribution in [0.4, 0.5) is 0 Å². The smallest absolute Gasteiger partial charge is 0.249 e. The lowest BCUT2D eigenvalue weighted by atomic mass is 9.53. The van der Waals surface area contributed by atoms with E-state index in [2.05, 4.69) is 5.32 Å². The zero-order valence-electron chi connectivity index (χ0n) is 12.1. The maximum Gasteiger partial charge on any atom is 0.249 e. The van der Waals surface area contributed by atoms with Crippen LogP contribution in [0.3, 0.4) is 0 Å². The van der Waals surface area contributed by atoms with E-state index < -0.39 is 0 Å². The summed E-state index contributed by atoms with van der Waals surface area (Å²) in [6.07, 6.45) is 9.43. The molecule has 20 heavy (non-hydrogen) atoms. The van der Waals surface area contributed by atoms with E-state index in [0.717, 1.165) is 30.6 Å². The van der Waals surface area contributed by atoms with Crippen molar-refractivity contribution in [1.82, 2.24) is 5.32 Å². The van der Waals surface area contributed by atoms with Gasteiger partial charge in [-0.25, -0.2) is 0 Å². The van der Waals surface area contributed by atoms with Gasteiger partial charge < -0.3 is 15.8 Å². The molecule has 2 atom stereocenters. The van der Waals surface area contributed by atoms with Crippen molar-refractivity contribution in [2.24, 2.45) is 23.5 Å². The second kappa shape index (κ2) is 4.70. The quantitative estimate of drug-likeness (QED) is 0.824. The Morgan fingerprint density at radius 1 is 1.10 bits per heavy atom. The molecule has 0 radical (unpaired) electrons. The molecular weight excluding hydrogens is 252 g/mol. The average Bonchev–Trinajstić information content (AvgIpc) is 2.85. The molecule has 112 valence electrons. The van der Waals surface area contributed by atoms with Crippen molar-refractivity contribution >= 4 is 5.91 Å². The average molecular weight is 278 g/mol. The first-order chi connectivity index (χ1) is 9.66. The van der Waals surface area contributed by atoms with Gasteiger partial charge in [0.05, 0.1) is 6.10 Å². The summed E-state index contributed by atoms with van der Waals surface area (Å²) in [5, 5.41) is 3.41. The number of amides is 1. The molecular formula is C16H26N2O2. The van der Waals surface area contributed by atoms with Crippen LogP contribution in [-0.4, -0.2) is 30.2 Å². The lowest BCUT2D eigenvalue weighted by Crippen LogP contribution is -2.61. The van der Waals surface area contributed by atoms with Gasteiger partial charge in [-0.2, -0.15) is 0 Å². The monoisotopic (exact) mass is 278 g/mol. The van der Waals surface area contributed by atoms with E-state index in [1.54, 1.807) is 0 Å². The molecule has 5 aliphatic rings. The topological polar surface area (TPSA) is 64.4 Å². The molecule has 3 N–H and O–H groups in total. The minimum atomic E-state index is -0.253. The predicted octanol–water partition coefficient (Wildman–Crippen LogP) is 1.58. The lowest BCUT2D eigenvalue weighted by Gasteiger charge is -2.57. The van der Waals surface area contributed by atoms with Crippen LogP contribution in [0.25, 0.3) is 0 Å². The fourth-order valence-electron chi connectivity index (χ4n) is 5.68. The SMILES string of the molecule is NC[C@H]1CC[C@@H](C(=O)NC23CC4CC(CC(C4)C2)C3)O1. The van der Waals surface area contributed by atoms with Crippen molar-refractivity contribution in [2.75, 3.05) is 6.54 Å². The minimum Gasteiger partial charge on any atom is -0.364 e. The fraction of sp³-hybridized carbons (Fsp3) is 0.938. The van der Waals surface area contributed by atoms with Crippen LogP contribution in [0.1, 0.15) is 51.4 Å². The van der Waals surface area contributed by atoms with Gasteiger partial charge in [0.25, 0.3) is 0 Å². The van der Waals surface area contributed by atoms with Crippen LogP contribution >= 0.6 is 0 Å². The van der Waals surface area contributed by atoms with Crippen molar-refractivity contribution in [1.29, 1.82) is 0 Å². The Bertz CT molecular complexity index is 374. The molecule has 0 aromatic heterocycles. The number of nitrogens with two attached hydrogens (primary N) is 1. The largest absolute Gasteiger partial charge is 0.364 e. The van der Waals surface area contributed by atoms with Crippen molar-refractivity contribution < 1.29 is 9.53 Å². The normalized spacial score (nSPS) is 49.5. The minimum absolute atomic E-state index is 0.0853. The Kier molecular flexibility index (Phi) is 3.08. The number of carbonyl (C=O) groups is 1. The third kappa shape index (κ3) is 2.17. The van der Waals surface area contributed by atoms with Gasteiger partial charge in [-0.3, -0.25) is 4.79 Å². The van der Waals surface area contributed by atoms with E-state index in [0.29, 0.717) is 6.54 Å². The maximum atomic E-state index is 12.5. The summed E-state index contributed by atoms with van der Waals surface area (Å²) in [5.41, 5.74) is 5.73. The van der Waals surface area contributed by atoms with E-state index in [4.69, 9.17) is 10.5 Å². The van der Waals surface area contributed by atoms with Crippen LogP contribution in [0.2, 0.25) is 0 Å². The molecule has 1 saturated heterocycles. The molecule has 0 unspecified atom stereocenters. The Morgan fingerprint density at radius 2 is 1.70 bits per heavy atom. The summed E-state index contributed by atoms with van der Waals surface area (Å²) in [7, 11) is 0. The molecule has 4 heteroatoms. The van der Waals surface area contributed by atoms with Gasteiger partial charge in [-0.15, -0.1) is 0 Å². The summed E-state index contributed by atoms with van der Waals surface area (Å²) in [6, 6.07) is 0. The first kappa shape index (κ1) is 13.1. The molecule has 1 amide bonds. The van der Waals surface area contributed by atoms with Gasteiger partial charge in [0, 0.05) is 12.1 Å². The van der Waals surface area contributed by atoms with Gasteiger partial charge in [-0.1, -0.05) is 0 Å². The Hall–Kier alpha value is -0.610. The Balaban J connectivity index is 1.42. The molecule has 4 nitrogen and oxygen atoms in total. The standard InChI is InChI=1S/C16H26N2O2/c17-9-13-1-2-14(20-13)15(19)18-16-6-10-3-11(7-16)5-12(4-10)8-16/h10-14H,1-9,17H2,(H,18,19)/t10?,11?,12?,13-,14+,16?/m1/s1. The third-order valence-electron chi connectivity index (χ3n) is 6.09. The molecule has 5 rings (SSSR count). The third-order valence-corrected chi connectivity index (χ3v) is 6.09. The maximum absolute atomic E-state index is 12.5. The molecule has 4 bridgehead atoms. The zero-order valence-corrected chi connectivity index (χ0v) is 12.1. The van der Waals surface area contributed by atoms with Gasteiger partial charge in [0.2, 0.25) is 5.91 Å². The summed E-state index contributed by atoms with van der Waals surface area (Å²) < 4.78 is 5.75. The summed E-state index contributed by atoms with van der Waals surface area (Å²) in [4.78, 5) is 12.5. The van der Waals surface area contributed by atoms with E-state index >= 15 is 0 Å². The highest BCUT2D eigenvalue weighted by Gasteiger charge is 2.52. The van der Waals surface area contributed by atoms with Gasteiger partial charge >= 0.3 is 0 Å². The molecule has 4 aliphatic carbocycles. The summed E-state index contributed by atoms with van der Waals surface area (Å²) >= 11 is 0. The molecule has 5 fully saturated rings. The second-order valence-corrected chi connectivity index (χ2v) is 7.75. The van der Waals surface area contributed by atoms with E-state index in [-0.39, 0.29) is 23.7 Å². The van der Waals surface area contributed by atoms with Crippen LogP contribution in [0.15, 0.2) is 0 Å². The summed E-state index contributed by atoms with van der Waals surface area (Å²) in [5.74, 6) is 2.72. The molecule has 0 aromatic rings. The number of carbonyl (C=O) groups excluding carboxylic acids is 1. The molecule has 0 aromatic carbocycles. The highest BCUT2D eigenvalue weighted by molar-refractivity contribution is 5.81. The highest BCUT2D eigenvalue weighted by atomic mass is 16.5. The fourth-order valence-corrected chi connectivity index (χ4v) is 5.68. The first-order valence-corrected chi connectivity index (χ1v) is 8.33. The number of nitrogens with one attached hydrogen (secondary N) is 1. The molecule has 1 aliphatic heterocycles. The van der Waals surface area contributed by atoms with Gasteiger partial charge in [0.1, 0.15) is 6.10 Å². The van der Waals surface area contributed by atoms with Crippen molar-refractivity contribution in [2.45, 2.75) is 69.1 Å². The highest BCUT2D eigenvalue weighted by Crippen LogP contribution is 2.55. The van der Waals surface area contributed by atoms with Crippen LogP contribution in [0, 0.1) is 17.8 Å². The van der Waals surface area contributed by atoms with Gasteiger partial charge in [0.15, 0.2) is 0 Å². The van der Waals surface area contributed by atoms with Crippen molar-refractivity contribution in [3.05, 3.63) is 0 Å². The molecule has 0 spiro atoms. The van der Waals surface area contributed by atoms with Crippen LogP contribution in [0.5, 0.6) is 0 Å². The number of rotatable bonds is 3. The van der Waals surface area contributed by atoms with Crippen LogP contribution < -0.4 is 11.1 Å². The second-order valence-electron chi connectivity index (χ2n) is 7.75. The number of hydrogen-bond donors (Lipinski definition) is 2. The van der Waals surface area contributed by atoms with Crippen molar-refractivity contribution in [3.63, 3.8) is 0 Å².